The Labute approximate surface area is 97.1 Å². The number of hydrogen-bond acceptors (Lipinski definition) is 4. The van der Waals surface area contributed by atoms with E-state index in [0.717, 1.165) is 24.9 Å². The SMILES string of the molecule is COCCNC1=NCC(CC(C)(C)C)S1. The molecule has 0 aromatic carbocycles. The largest absolute Gasteiger partial charge is 0.383 e. The van der Waals surface area contributed by atoms with Crippen LogP contribution in [0.5, 0.6) is 0 Å². The van der Waals surface area contributed by atoms with Gasteiger partial charge in [0, 0.05) is 18.9 Å². The highest BCUT2D eigenvalue weighted by atomic mass is 32.2. The van der Waals surface area contributed by atoms with Gasteiger partial charge in [-0.1, -0.05) is 32.5 Å². The zero-order valence-corrected chi connectivity index (χ0v) is 11.0. The van der Waals surface area contributed by atoms with Gasteiger partial charge in [0.15, 0.2) is 5.17 Å². The molecule has 0 amide bonds. The monoisotopic (exact) mass is 230 g/mol. The molecular weight excluding hydrogens is 208 g/mol. The Balaban J connectivity index is 2.19. The zero-order valence-electron chi connectivity index (χ0n) is 10.2. The molecule has 1 rings (SSSR count). The first-order valence-corrected chi connectivity index (χ1v) is 6.33. The van der Waals surface area contributed by atoms with Gasteiger partial charge in [-0.2, -0.15) is 0 Å². The predicted octanol–water partition coefficient (Wildman–Crippen LogP) is 2.13. The van der Waals surface area contributed by atoms with Gasteiger partial charge in [0.25, 0.3) is 0 Å². The Hall–Kier alpha value is -0.220. The maximum absolute atomic E-state index is 4.98. The summed E-state index contributed by atoms with van der Waals surface area (Å²) >= 11 is 1.87. The average molecular weight is 230 g/mol. The van der Waals surface area contributed by atoms with E-state index in [4.69, 9.17) is 4.74 Å². The van der Waals surface area contributed by atoms with Crippen molar-refractivity contribution >= 4 is 16.9 Å². The Morgan fingerprint density at radius 1 is 1.53 bits per heavy atom. The second-order valence-electron chi connectivity index (χ2n) is 5.07. The summed E-state index contributed by atoms with van der Waals surface area (Å²) in [7, 11) is 1.72. The van der Waals surface area contributed by atoms with E-state index in [0.29, 0.717) is 10.7 Å². The summed E-state index contributed by atoms with van der Waals surface area (Å²) in [5.74, 6) is 0. The van der Waals surface area contributed by atoms with Gasteiger partial charge in [-0.25, -0.2) is 0 Å². The first-order valence-electron chi connectivity index (χ1n) is 5.45. The minimum absolute atomic E-state index is 0.398. The lowest BCUT2D eigenvalue weighted by Crippen LogP contribution is -2.24. The molecule has 1 aliphatic heterocycles. The summed E-state index contributed by atoms with van der Waals surface area (Å²) in [5.41, 5.74) is 0.398. The van der Waals surface area contributed by atoms with Crippen molar-refractivity contribution in [3.05, 3.63) is 0 Å². The lowest BCUT2D eigenvalue weighted by atomic mass is 9.90. The molecule has 0 saturated heterocycles. The number of nitrogens with zero attached hydrogens (tertiary/aromatic N) is 1. The van der Waals surface area contributed by atoms with Crippen LogP contribution < -0.4 is 5.32 Å². The second-order valence-corrected chi connectivity index (χ2v) is 6.36. The molecule has 1 N–H and O–H groups in total. The van der Waals surface area contributed by atoms with Crippen molar-refractivity contribution in [2.75, 3.05) is 26.8 Å². The van der Waals surface area contributed by atoms with Crippen molar-refractivity contribution in [1.29, 1.82) is 0 Å². The number of ether oxygens (including phenoxy) is 1. The molecule has 3 nitrogen and oxygen atoms in total. The Kier molecular flexibility index (Phi) is 4.93. The molecule has 0 bridgehead atoms. The highest BCUT2D eigenvalue weighted by Crippen LogP contribution is 2.31. The number of aliphatic imine (C=N–C) groups is 1. The van der Waals surface area contributed by atoms with Crippen LogP contribution in [0.2, 0.25) is 0 Å². The van der Waals surface area contributed by atoms with E-state index in [1.54, 1.807) is 7.11 Å². The summed E-state index contributed by atoms with van der Waals surface area (Å²) in [6.07, 6.45) is 1.22. The third kappa shape index (κ3) is 5.42. The first kappa shape index (κ1) is 12.8. The molecule has 0 aromatic heterocycles. The quantitative estimate of drug-likeness (QED) is 0.751. The summed E-state index contributed by atoms with van der Waals surface area (Å²) in [4.78, 5) is 4.49. The first-order chi connectivity index (χ1) is 7.01. The van der Waals surface area contributed by atoms with Crippen LogP contribution in [0, 0.1) is 5.41 Å². The van der Waals surface area contributed by atoms with E-state index in [-0.39, 0.29) is 0 Å². The van der Waals surface area contributed by atoms with E-state index in [2.05, 4.69) is 31.1 Å². The molecular formula is C11H22N2OS. The Morgan fingerprint density at radius 3 is 2.87 bits per heavy atom. The number of thioether (sulfide) groups is 1. The van der Waals surface area contributed by atoms with Crippen molar-refractivity contribution in [2.45, 2.75) is 32.4 Å². The van der Waals surface area contributed by atoms with Crippen LogP contribution in [0.1, 0.15) is 27.2 Å². The maximum Gasteiger partial charge on any atom is 0.157 e. The van der Waals surface area contributed by atoms with Gasteiger partial charge < -0.3 is 10.1 Å². The van der Waals surface area contributed by atoms with Gasteiger partial charge in [0.05, 0.1) is 13.2 Å². The molecule has 1 atom stereocenters. The molecule has 1 heterocycles. The molecule has 15 heavy (non-hydrogen) atoms. The molecule has 0 fully saturated rings. The van der Waals surface area contributed by atoms with Crippen LogP contribution in [0.15, 0.2) is 4.99 Å². The van der Waals surface area contributed by atoms with Gasteiger partial charge in [-0.3, -0.25) is 4.99 Å². The standard InChI is InChI=1S/C11H22N2OS/c1-11(2,3)7-9-8-13-10(15-9)12-5-6-14-4/h9H,5-8H2,1-4H3,(H,12,13). The van der Waals surface area contributed by atoms with Gasteiger partial charge in [-0.15, -0.1) is 0 Å². The number of nitrogens with one attached hydrogen (secondary N) is 1. The molecule has 0 spiro atoms. The summed E-state index contributed by atoms with van der Waals surface area (Å²) < 4.78 is 4.98. The van der Waals surface area contributed by atoms with Crippen LogP contribution in [-0.4, -0.2) is 37.2 Å². The third-order valence-electron chi connectivity index (χ3n) is 2.14. The van der Waals surface area contributed by atoms with Crippen molar-refractivity contribution in [3.8, 4) is 0 Å². The van der Waals surface area contributed by atoms with E-state index >= 15 is 0 Å². The van der Waals surface area contributed by atoms with Crippen LogP contribution in [0.4, 0.5) is 0 Å². The zero-order chi connectivity index (χ0) is 11.3. The van der Waals surface area contributed by atoms with Crippen LogP contribution in [-0.2, 0) is 4.74 Å². The molecule has 1 aliphatic rings. The predicted molar refractivity (Wildman–Crippen MR) is 67.6 cm³/mol. The normalized spacial score (nSPS) is 21.6. The van der Waals surface area contributed by atoms with E-state index in [1.165, 1.54) is 6.42 Å². The van der Waals surface area contributed by atoms with E-state index in [1.807, 2.05) is 11.8 Å². The Morgan fingerprint density at radius 2 is 2.27 bits per heavy atom. The highest BCUT2D eigenvalue weighted by molar-refractivity contribution is 8.14. The topological polar surface area (TPSA) is 33.6 Å². The van der Waals surface area contributed by atoms with Gasteiger partial charge in [0.2, 0.25) is 0 Å². The fourth-order valence-electron chi connectivity index (χ4n) is 1.56. The summed E-state index contributed by atoms with van der Waals surface area (Å²) in [6.45, 7) is 9.39. The lowest BCUT2D eigenvalue weighted by molar-refractivity contribution is 0.204. The van der Waals surface area contributed by atoms with E-state index in [9.17, 15) is 0 Å². The van der Waals surface area contributed by atoms with Crippen LogP contribution in [0.3, 0.4) is 0 Å². The summed E-state index contributed by atoms with van der Waals surface area (Å²) in [6, 6.07) is 0. The lowest BCUT2D eigenvalue weighted by Gasteiger charge is -2.21. The minimum atomic E-state index is 0.398. The fraction of sp³-hybridized carbons (Fsp3) is 0.909. The van der Waals surface area contributed by atoms with Crippen molar-refractivity contribution < 1.29 is 4.74 Å². The molecule has 0 saturated carbocycles. The smallest absolute Gasteiger partial charge is 0.157 e. The number of amidine groups is 1. The van der Waals surface area contributed by atoms with Crippen LogP contribution >= 0.6 is 11.8 Å². The van der Waals surface area contributed by atoms with E-state index < -0.39 is 0 Å². The third-order valence-corrected chi connectivity index (χ3v) is 3.29. The maximum atomic E-state index is 4.98. The van der Waals surface area contributed by atoms with Gasteiger partial charge >= 0.3 is 0 Å². The molecule has 0 aromatic rings. The molecule has 0 radical (unpaired) electrons. The minimum Gasteiger partial charge on any atom is -0.383 e. The summed E-state index contributed by atoms with van der Waals surface area (Å²) in [5, 5.41) is 5.02. The molecule has 4 heteroatoms. The van der Waals surface area contributed by atoms with Crippen molar-refractivity contribution in [1.82, 2.24) is 5.32 Å². The second kappa shape index (κ2) is 5.75. The van der Waals surface area contributed by atoms with Crippen LogP contribution in [0.25, 0.3) is 0 Å². The average Bonchev–Trinajstić information content (AvgIpc) is 2.50. The van der Waals surface area contributed by atoms with Crippen molar-refractivity contribution in [2.24, 2.45) is 10.4 Å². The Bertz CT molecular complexity index is 223. The number of hydrogen-bond donors (Lipinski definition) is 1. The molecule has 1 unspecified atom stereocenters. The number of methoxy groups -OCH3 is 1. The van der Waals surface area contributed by atoms with Gasteiger partial charge in [0.1, 0.15) is 0 Å². The van der Waals surface area contributed by atoms with Gasteiger partial charge in [-0.05, 0) is 11.8 Å². The highest BCUT2D eigenvalue weighted by Gasteiger charge is 2.24. The molecule has 88 valence electrons. The number of rotatable bonds is 4. The molecule has 0 aliphatic carbocycles. The fourth-order valence-corrected chi connectivity index (χ4v) is 2.95. The van der Waals surface area contributed by atoms with Crippen molar-refractivity contribution in [3.63, 3.8) is 0 Å².